The Morgan fingerprint density at radius 2 is 2.26 bits per heavy atom. The highest BCUT2D eigenvalue weighted by Gasteiger charge is 2.17. The zero-order valence-corrected chi connectivity index (χ0v) is 14.1. The highest BCUT2D eigenvalue weighted by Crippen LogP contribution is 2.34. The summed E-state index contributed by atoms with van der Waals surface area (Å²) in [4.78, 5) is 14.8. The van der Waals surface area contributed by atoms with Gasteiger partial charge in [0.05, 0.1) is 6.10 Å². The van der Waals surface area contributed by atoms with Crippen LogP contribution in [0.25, 0.3) is 21.1 Å². The van der Waals surface area contributed by atoms with Gasteiger partial charge in [0, 0.05) is 41.4 Å². The summed E-state index contributed by atoms with van der Waals surface area (Å²) in [5.41, 5.74) is 1.91. The summed E-state index contributed by atoms with van der Waals surface area (Å²) in [6.45, 7) is 1.60. The van der Waals surface area contributed by atoms with Crippen LogP contribution in [0.2, 0.25) is 0 Å². The molecule has 3 aromatic rings. The first-order valence-corrected chi connectivity index (χ1v) is 9.32. The Kier molecular flexibility index (Phi) is 4.32. The average molecular weight is 344 g/mol. The smallest absolute Gasteiger partial charge is 0.223 e. The van der Waals surface area contributed by atoms with Crippen LogP contribution in [0.1, 0.15) is 12.8 Å². The number of aromatic nitrogens is 3. The molecule has 4 rings (SSSR count). The molecule has 118 valence electrons. The number of nitrogens with one attached hydrogen (secondary N) is 1. The van der Waals surface area contributed by atoms with Crippen LogP contribution in [0.15, 0.2) is 35.3 Å². The molecule has 0 unspecified atom stereocenters. The van der Waals surface area contributed by atoms with Gasteiger partial charge in [-0.1, -0.05) is 6.07 Å². The summed E-state index contributed by atoms with van der Waals surface area (Å²) in [5, 5.41) is 8.23. The summed E-state index contributed by atoms with van der Waals surface area (Å²) in [7, 11) is 0. The van der Waals surface area contributed by atoms with Gasteiger partial charge in [0.1, 0.15) is 10.7 Å². The molecule has 0 aromatic carbocycles. The number of thiazole rings is 1. The van der Waals surface area contributed by atoms with Gasteiger partial charge in [-0.05, 0) is 24.3 Å². The minimum atomic E-state index is 0.263. The van der Waals surface area contributed by atoms with E-state index in [0.717, 1.165) is 47.1 Å². The van der Waals surface area contributed by atoms with Crippen molar-refractivity contribution in [3.8, 4) is 21.1 Å². The average Bonchev–Trinajstić information content (AvgIpc) is 3.36. The van der Waals surface area contributed by atoms with E-state index in [4.69, 9.17) is 9.72 Å². The van der Waals surface area contributed by atoms with Gasteiger partial charge in [-0.15, -0.1) is 22.7 Å². The van der Waals surface area contributed by atoms with E-state index in [-0.39, 0.29) is 6.10 Å². The molecule has 0 radical (unpaired) electrons. The van der Waals surface area contributed by atoms with Gasteiger partial charge in [-0.2, -0.15) is 0 Å². The molecule has 0 amide bonds. The van der Waals surface area contributed by atoms with Crippen LogP contribution in [-0.2, 0) is 4.74 Å². The zero-order valence-electron chi connectivity index (χ0n) is 12.4. The molecule has 1 atom stereocenters. The summed E-state index contributed by atoms with van der Waals surface area (Å²) in [5.74, 6) is 0.631. The first kappa shape index (κ1) is 14.7. The summed E-state index contributed by atoms with van der Waals surface area (Å²) >= 11 is 3.27. The van der Waals surface area contributed by atoms with E-state index in [1.54, 1.807) is 28.9 Å². The van der Waals surface area contributed by atoms with Gasteiger partial charge in [0.15, 0.2) is 0 Å². The second kappa shape index (κ2) is 6.74. The molecule has 1 saturated heterocycles. The third-order valence-corrected chi connectivity index (χ3v) is 5.41. The second-order valence-corrected chi connectivity index (χ2v) is 7.13. The van der Waals surface area contributed by atoms with Gasteiger partial charge in [-0.25, -0.2) is 15.0 Å². The summed E-state index contributed by atoms with van der Waals surface area (Å²) < 4.78 is 5.63. The number of thiophene rings is 1. The van der Waals surface area contributed by atoms with Crippen molar-refractivity contribution in [3.05, 3.63) is 35.3 Å². The highest BCUT2D eigenvalue weighted by molar-refractivity contribution is 7.14. The molecule has 1 N–H and O–H groups in total. The molecule has 3 aromatic heterocycles. The zero-order chi connectivity index (χ0) is 15.5. The van der Waals surface area contributed by atoms with Crippen LogP contribution in [0.5, 0.6) is 0 Å². The monoisotopic (exact) mass is 344 g/mol. The lowest BCUT2D eigenvalue weighted by molar-refractivity contribution is 0.120. The van der Waals surface area contributed by atoms with E-state index in [1.165, 1.54) is 0 Å². The fraction of sp³-hybridized carbons (Fsp3) is 0.312. The lowest BCUT2D eigenvalue weighted by Crippen LogP contribution is -2.19. The molecule has 5 nitrogen and oxygen atoms in total. The van der Waals surface area contributed by atoms with Crippen LogP contribution >= 0.6 is 22.7 Å². The molecule has 0 saturated carbocycles. The number of nitrogens with zero attached hydrogens (tertiary/aromatic N) is 3. The summed E-state index contributed by atoms with van der Waals surface area (Å²) in [6.07, 6.45) is 6.18. The van der Waals surface area contributed by atoms with Crippen molar-refractivity contribution < 1.29 is 4.74 Å². The standard InChI is InChI=1S/C16H16N4OS2/c1-3-11(21-6-1)9-18-16-19-10-12(13-4-2-7-22-13)14(20-16)15-17-5-8-23-15/h2,4-5,7-8,10-11H,1,3,6,9H2,(H,18,19,20)/t11-/m1/s1. The van der Waals surface area contributed by atoms with E-state index in [0.29, 0.717) is 5.95 Å². The molecule has 1 fully saturated rings. The Morgan fingerprint density at radius 1 is 1.26 bits per heavy atom. The van der Waals surface area contributed by atoms with Crippen molar-refractivity contribution in [2.24, 2.45) is 0 Å². The summed E-state index contributed by atoms with van der Waals surface area (Å²) in [6, 6.07) is 4.12. The number of hydrogen-bond donors (Lipinski definition) is 1. The minimum Gasteiger partial charge on any atom is -0.376 e. The number of anilines is 1. The van der Waals surface area contributed by atoms with Gasteiger partial charge >= 0.3 is 0 Å². The molecule has 7 heteroatoms. The third-order valence-electron chi connectivity index (χ3n) is 3.72. The normalized spacial score (nSPS) is 17.5. The van der Waals surface area contributed by atoms with Crippen LogP contribution in [-0.4, -0.2) is 34.2 Å². The first-order chi connectivity index (χ1) is 11.4. The Hall–Kier alpha value is -1.83. The van der Waals surface area contributed by atoms with Crippen molar-refractivity contribution in [2.45, 2.75) is 18.9 Å². The Bertz CT molecular complexity index is 753. The van der Waals surface area contributed by atoms with Crippen molar-refractivity contribution in [2.75, 3.05) is 18.5 Å². The molecular weight excluding hydrogens is 328 g/mol. The van der Waals surface area contributed by atoms with Crippen molar-refractivity contribution in [1.29, 1.82) is 0 Å². The van der Waals surface area contributed by atoms with Crippen molar-refractivity contribution >= 4 is 28.6 Å². The van der Waals surface area contributed by atoms with E-state index in [9.17, 15) is 0 Å². The predicted molar refractivity (Wildman–Crippen MR) is 93.9 cm³/mol. The molecule has 4 heterocycles. The molecule has 1 aliphatic heterocycles. The van der Waals surface area contributed by atoms with Gasteiger partial charge in [0.2, 0.25) is 5.95 Å². The fourth-order valence-electron chi connectivity index (χ4n) is 2.59. The maximum Gasteiger partial charge on any atom is 0.223 e. The van der Waals surface area contributed by atoms with Gasteiger partial charge < -0.3 is 10.1 Å². The highest BCUT2D eigenvalue weighted by atomic mass is 32.1. The van der Waals surface area contributed by atoms with Crippen molar-refractivity contribution in [3.63, 3.8) is 0 Å². The van der Waals surface area contributed by atoms with Gasteiger partial charge in [0.25, 0.3) is 0 Å². The molecule has 1 aliphatic rings. The molecular formula is C16H16N4OS2. The fourth-order valence-corrected chi connectivity index (χ4v) is 3.97. The SMILES string of the molecule is c1csc(-c2cnc(NC[C@H]3CCCO3)nc2-c2nccs2)c1. The molecule has 0 aliphatic carbocycles. The van der Waals surface area contributed by atoms with E-state index >= 15 is 0 Å². The Balaban J connectivity index is 1.63. The largest absolute Gasteiger partial charge is 0.376 e. The minimum absolute atomic E-state index is 0.263. The topological polar surface area (TPSA) is 59.9 Å². The Labute approximate surface area is 142 Å². The number of hydrogen-bond acceptors (Lipinski definition) is 7. The lowest BCUT2D eigenvalue weighted by Gasteiger charge is -2.12. The van der Waals surface area contributed by atoms with Gasteiger partial charge in [-0.3, -0.25) is 0 Å². The third kappa shape index (κ3) is 3.26. The van der Waals surface area contributed by atoms with E-state index < -0.39 is 0 Å². The maximum atomic E-state index is 5.63. The first-order valence-electron chi connectivity index (χ1n) is 7.56. The van der Waals surface area contributed by atoms with Crippen LogP contribution in [0, 0.1) is 0 Å². The molecule has 0 spiro atoms. The van der Waals surface area contributed by atoms with Crippen LogP contribution < -0.4 is 5.32 Å². The van der Waals surface area contributed by atoms with Crippen molar-refractivity contribution in [1.82, 2.24) is 15.0 Å². The second-order valence-electron chi connectivity index (χ2n) is 5.29. The molecule has 0 bridgehead atoms. The van der Waals surface area contributed by atoms with E-state index in [1.807, 2.05) is 17.6 Å². The van der Waals surface area contributed by atoms with Crippen LogP contribution in [0.4, 0.5) is 5.95 Å². The van der Waals surface area contributed by atoms with Crippen LogP contribution in [0.3, 0.4) is 0 Å². The number of rotatable bonds is 5. The van der Waals surface area contributed by atoms with E-state index in [2.05, 4.69) is 26.7 Å². The predicted octanol–water partition coefficient (Wildman–Crippen LogP) is 3.92. The molecule has 23 heavy (non-hydrogen) atoms. The lowest BCUT2D eigenvalue weighted by atomic mass is 10.2. The Morgan fingerprint density at radius 3 is 3.00 bits per heavy atom. The number of ether oxygens (including phenoxy) is 1. The quantitative estimate of drug-likeness (QED) is 0.760. The maximum absolute atomic E-state index is 5.63.